The predicted octanol–water partition coefficient (Wildman–Crippen LogP) is 3.49. The van der Waals surface area contributed by atoms with Gasteiger partial charge in [0.1, 0.15) is 0 Å². The summed E-state index contributed by atoms with van der Waals surface area (Å²) in [6.07, 6.45) is -2.01. The number of amides is 1. The van der Waals surface area contributed by atoms with Gasteiger partial charge in [-0.1, -0.05) is 25.1 Å². The molecule has 1 amide bonds. The fourth-order valence-electron chi connectivity index (χ4n) is 2.66. The van der Waals surface area contributed by atoms with Crippen LogP contribution in [-0.2, 0) is 11.0 Å². The zero-order valence-corrected chi connectivity index (χ0v) is 13.8. The highest BCUT2D eigenvalue weighted by Gasteiger charge is 2.30. The third-order valence-corrected chi connectivity index (χ3v) is 3.98. The maximum Gasteiger partial charge on any atom is 0.416 e. The molecule has 3 nitrogen and oxygen atoms in total. The van der Waals surface area contributed by atoms with Crippen molar-refractivity contribution in [1.29, 1.82) is 0 Å². The Morgan fingerprint density at radius 2 is 2.17 bits per heavy atom. The zero-order valence-electron chi connectivity index (χ0n) is 13.0. The molecule has 7 heteroatoms. The van der Waals surface area contributed by atoms with E-state index in [-0.39, 0.29) is 30.7 Å². The molecule has 2 unspecified atom stereocenters. The van der Waals surface area contributed by atoms with Gasteiger partial charge in [-0.3, -0.25) is 4.79 Å². The van der Waals surface area contributed by atoms with Gasteiger partial charge in [-0.05, 0) is 36.9 Å². The predicted molar refractivity (Wildman–Crippen MR) is 85.8 cm³/mol. The molecule has 0 aromatic heterocycles. The van der Waals surface area contributed by atoms with Crippen LogP contribution in [0.2, 0.25) is 0 Å². The fraction of sp³-hybridized carbons (Fsp3) is 0.562. The molecule has 0 radical (unpaired) electrons. The van der Waals surface area contributed by atoms with Gasteiger partial charge in [0.25, 0.3) is 0 Å². The number of rotatable bonds is 5. The molecule has 1 aromatic carbocycles. The number of nitrogens with one attached hydrogen (secondary N) is 2. The lowest BCUT2D eigenvalue weighted by molar-refractivity contribution is -0.137. The Balaban J connectivity index is 0.00000264. The molecule has 0 saturated carbocycles. The molecule has 0 bridgehead atoms. The van der Waals surface area contributed by atoms with Crippen LogP contribution in [0.15, 0.2) is 24.3 Å². The fourth-order valence-corrected chi connectivity index (χ4v) is 2.66. The summed E-state index contributed by atoms with van der Waals surface area (Å²) >= 11 is 0. The highest BCUT2D eigenvalue weighted by atomic mass is 35.5. The van der Waals surface area contributed by atoms with E-state index in [0.717, 1.165) is 31.5 Å². The second kappa shape index (κ2) is 8.55. The van der Waals surface area contributed by atoms with Crippen molar-refractivity contribution in [3.63, 3.8) is 0 Å². The highest BCUT2D eigenvalue weighted by molar-refractivity contribution is 5.85. The third-order valence-electron chi connectivity index (χ3n) is 3.98. The summed E-state index contributed by atoms with van der Waals surface area (Å²) < 4.78 is 38.1. The number of carbonyl (C=O) groups excluding carboxylic acids is 1. The van der Waals surface area contributed by atoms with E-state index in [4.69, 9.17) is 0 Å². The lowest BCUT2D eigenvalue weighted by Gasteiger charge is -2.16. The molecular weight excluding hydrogens is 329 g/mol. The van der Waals surface area contributed by atoms with E-state index < -0.39 is 11.7 Å². The second-order valence-electron chi connectivity index (χ2n) is 5.83. The van der Waals surface area contributed by atoms with Gasteiger partial charge in [-0.25, -0.2) is 0 Å². The van der Waals surface area contributed by atoms with Crippen molar-refractivity contribution in [3.8, 4) is 0 Å². The smallest absolute Gasteiger partial charge is 0.355 e. The van der Waals surface area contributed by atoms with Gasteiger partial charge in [0.05, 0.1) is 5.56 Å². The highest BCUT2D eigenvalue weighted by Crippen LogP contribution is 2.31. The molecule has 0 aliphatic carbocycles. The second-order valence-corrected chi connectivity index (χ2v) is 5.83. The van der Waals surface area contributed by atoms with Crippen LogP contribution in [0, 0.1) is 0 Å². The van der Waals surface area contributed by atoms with Crippen LogP contribution in [0.25, 0.3) is 0 Å². The first-order valence-corrected chi connectivity index (χ1v) is 7.53. The molecule has 1 aliphatic rings. The van der Waals surface area contributed by atoms with Crippen LogP contribution in [0.3, 0.4) is 0 Å². The van der Waals surface area contributed by atoms with Crippen LogP contribution >= 0.6 is 12.4 Å². The molecule has 23 heavy (non-hydrogen) atoms. The Labute approximate surface area is 140 Å². The molecule has 130 valence electrons. The molecule has 1 aromatic rings. The Morgan fingerprint density at radius 1 is 1.43 bits per heavy atom. The van der Waals surface area contributed by atoms with Crippen LogP contribution < -0.4 is 10.6 Å². The summed E-state index contributed by atoms with van der Waals surface area (Å²) in [5, 5.41) is 6.13. The zero-order chi connectivity index (χ0) is 16.2. The van der Waals surface area contributed by atoms with Gasteiger partial charge in [-0.15, -0.1) is 12.4 Å². The van der Waals surface area contributed by atoms with Crippen molar-refractivity contribution in [2.24, 2.45) is 0 Å². The monoisotopic (exact) mass is 350 g/mol. The Hall–Kier alpha value is -1.27. The number of halogens is 4. The van der Waals surface area contributed by atoms with Gasteiger partial charge in [0.15, 0.2) is 0 Å². The molecule has 1 saturated heterocycles. The number of alkyl halides is 3. The molecule has 0 spiro atoms. The first-order valence-electron chi connectivity index (χ1n) is 7.53. The van der Waals surface area contributed by atoms with E-state index in [1.165, 1.54) is 6.07 Å². The third kappa shape index (κ3) is 6.03. The summed E-state index contributed by atoms with van der Waals surface area (Å²) in [6, 6.07) is 5.49. The van der Waals surface area contributed by atoms with Crippen molar-refractivity contribution in [2.75, 3.05) is 13.1 Å². The van der Waals surface area contributed by atoms with Crippen LogP contribution in [-0.4, -0.2) is 25.0 Å². The van der Waals surface area contributed by atoms with E-state index in [1.54, 1.807) is 13.0 Å². The van der Waals surface area contributed by atoms with E-state index in [2.05, 4.69) is 10.6 Å². The minimum absolute atomic E-state index is 0. The lowest BCUT2D eigenvalue weighted by Crippen LogP contribution is -2.37. The largest absolute Gasteiger partial charge is 0.416 e. The molecule has 1 fully saturated rings. The maximum atomic E-state index is 12.7. The minimum atomic E-state index is -4.36. The first-order chi connectivity index (χ1) is 10.4. The molecule has 1 aliphatic heterocycles. The van der Waals surface area contributed by atoms with Crippen LogP contribution in [0.1, 0.15) is 43.2 Å². The quantitative estimate of drug-likeness (QED) is 0.853. The van der Waals surface area contributed by atoms with Gasteiger partial charge in [0, 0.05) is 19.0 Å². The summed E-state index contributed by atoms with van der Waals surface area (Å²) in [5.41, 5.74) is -0.142. The Morgan fingerprint density at radius 3 is 2.78 bits per heavy atom. The summed E-state index contributed by atoms with van der Waals surface area (Å²) in [6.45, 7) is 3.32. The van der Waals surface area contributed by atoms with Crippen molar-refractivity contribution in [3.05, 3.63) is 35.4 Å². The molecule has 2 rings (SSSR count). The summed E-state index contributed by atoms with van der Waals surface area (Å²) in [7, 11) is 0. The van der Waals surface area contributed by atoms with Crippen LogP contribution in [0.4, 0.5) is 13.2 Å². The van der Waals surface area contributed by atoms with Gasteiger partial charge in [-0.2, -0.15) is 13.2 Å². The van der Waals surface area contributed by atoms with Crippen LogP contribution in [0.5, 0.6) is 0 Å². The number of hydrogen-bond donors (Lipinski definition) is 2. The molecule has 2 atom stereocenters. The normalized spacial score (nSPS) is 19.0. The molecule has 2 N–H and O–H groups in total. The molecule has 1 heterocycles. The van der Waals surface area contributed by atoms with E-state index in [1.807, 2.05) is 0 Å². The van der Waals surface area contributed by atoms with E-state index in [9.17, 15) is 18.0 Å². The van der Waals surface area contributed by atoms with Crippen molar-refractivity contribution >= 4 is 18.3 Å². The van der Waals surface area contributed by atoms with Gasteiger partial charge >= 0.3 is 6.18 Å². The van der Waals surface area contributed by atoms with E-state index >= 15 is 0 Å². The Bertz CT molecular complexity index is 516. The van der Waals surface area contributed by atoms with Gasteiger partial charge < -0.3 is 10.6 Å². The van der Waals surface area contributed by atoms with Crippen molar-refractivity contribution < 1.29 is 18.0 Å². The average Bonchev–Trinajstić information content (AvgIpc) is 2.97. The lowest BCUT2D eigenvalue weighted by atomic mass is 9.95. The van der Waals surface area contributed by atoms with Gasteiger partial charge in [0.2, 0.25) is 5.91 Å². The van der Waals surface area contributed by atoms with Crippen molar-refractivity contribution in [2.45, 2.75) is 44.3 Å². The first kappa shape index (κ1) is 19.8. The summed E-state index contributed by atoms with van der Waals surface area (Å²) in [4.78, 5) is 11.9. The standard InChI is InChI=1S/C16H21F3N2O.ClH/c1-11(8-15(22)21-10-14-6-3-7-20-14)12-4-2-5-13(9-12)16(17,18)19;/h2,4-5,9,11,14,20H,3,6-8,10H2,1H3,(H,21,22);1H. The maximum absolute atomic E-state index is 12.7. The minimum Gasteiger partial charge on any atom is -0.355 e. The number of benzene rings is 1. The average molecular weight is 351 g/mol. The summed E-state index contributed by atoms with van der Waals surface area (Å²) in [5.74, 6) is -0.377. The van der Waals surface area contributed by atoms with Crippen molar-refractivity contribution in [1.82, 2.24) is 10.6 Å². The SMILES string of the molecule is CC(CC(=O)NCC1CCCN1)c1cccc(C(F)(F)F)c1.Cl. The molecular formula is C16H22ClF3N2O. The number of hydrogen-bond acceptors (Lipinski definition) is 2. The topological polar surface area (TPSA) is 41.1 Å². The Kier molecular flexibility index (Phi) is 7.35. The number of carbonyl (C=O) groups is 1. The van der Waals surface area contributed by atoms with E-state index in [0.29, 0.717) is 18.2 Å².